The molecule has 1 aliphatic carbocycles. The summed E-state index contributed by atoms with van der Waals surface area (Å²) >= 11 is 0. The van der Waals surface area contributed by atoms with Crippen molar-refractivity contribution in [1.82, 2.24) is 0 Å². The Kier molecular flexibility index (Phi) is 6.88. The van der Waals surface area contributed by atoms with Gasteiger partial charge in [-0.1, -0.05) is 31.2 Å². The van der Waals surface area contributed by atoms with Gasteiger partial charge in [-0.2, -0.15) is 0 Å². The normalized spacial score (nSPS) is 19.5. The van der Waals surface area contributed by atoms with Crippen LogP contribution in [-0.2, 0) is 22.3 Å². The minimum Gasteiger partial charge on any atom is -0.457 e. The van der Waals surface area contributed by atoms with E-state index in [4.69, 9.17) is 23.7 Å². The third-order valence-electron chi connectivity index (χ3n) is 7.90. The number of esters is 1. The maximum absolute atomic E-state index is 14.7. The minimum atomic E-state index is -0.747. The third-order valence-corrected chi connectivity index (χ3v) is 7.90. The van der Waals surface area contributed by atoms with Gasteiger partial charge in [0, 0.05) is 18.8 Å². The Morgan fingerprint density at radius 1 is 0.762 bits per heavy atom. The molecule has 0 bridgehead atoms. The topological polar surface area (TPSA) is 69.8 Å². The van der Waals surface area contributed by atoms with E-state index in [0.717, 1.165) is 40.0 Å². The van der Waals surface area contributed by atoms with Crippen molar-refractivity contribution in [2.75, 3.05) is 20.0 Å². The molecule has 2 fully saturated rings. The summed E-state index contributed by atoms with van der Waals surface area (Å²) in [5.41, 5.74) is 5.65. The van der Waals surface area contributed by atoms with Crippen molar-refractivity contribution in [3.63, 3.8) is 0 Å². The predicted molar refractivity (Wildman–Crippen MR) is 150 cm³/mol. The molecule has 8 heteroatoms. The molecule has 2 saturated heterocycles. The third kappa shape index (κ3) is 5.60. The Balaban J connectivity index is 0.993. The molecule has 3 aliphatic rings. The molecule has 42 heavy (non-hydrogen) atoms. The van der Waals surface area contributed by atoms with Crippen LogP contribution in [0.25, 0.3) is 11.1 Å². The summed E-state index contributed by atoms with van der Waals surface area (Å²) in [6.45, 7) is 3.32. The molecular weight excluding hydrogens is 542 g/mol. The standard InChI is InChI=1S/C34H28F2O6/c1-19-29-14-22(40-18-41-33-9-3-21(13-32(33)36)11-25-17-39-25)4-7-26(29)27-8-5-23(15-30(19)27)42-34(37)28-6-2-20(12-31(28)35)10-24-16-38-24/h2-9,12-15,19,24-25H,10-11,16-18H2,1H3. The molecule has 3 atom stereocenters. The van der Waals surface area contributed by atoms with E-state index in [0.29, 0.717) is 30.9 Å². The van der Waals surface area contributed by atoms with Crippen molar-refractivity contribution in [2.24, 2.45) is 0 Å². The highest BCUT2D eigenvalue weighted by Crippen LogP contribution is 2.47. The van der Waals surface area contributed by atoms with Gasteiger partial charge in [-0.25, -0.2) is 13.6 Å². The lowest BCUT2D eigenvalue weighted by molar-refractivity contribution is 0.0729. The first-order chi connectivity index (χ1) is 20.4. The van der Waals surface area contributed by atoms with E-state index in [9.17, 15) is 13.6 Å². The second-order valence-electron chi connectivity index (χ2n) is 10.9. The summed E-state index contributed by atoms with van der Waals surface area (Å²) in [7, 11) is 0. The van der Waals surface area contributed by atoms with E-state index in [-0.39, 0.29) is 36.2 Å². The fraction of sp³-hybridized carbons (Fsp3) is 0.265. The van der Waals surface area contributed by atoms with E-state index in [1.807, 2.05) is 36.4 Å². The Morgan fingerprint density at radius 3 is 1.98 bits per heavy atom. The van der Waals surface area contributed by atoms with Gasteiger partial charge in [0.1, 0.15) is 17.3 Å². The predicted octanol–water partition coefficient (Wildman–Crippen LogP) is 6.61. The Morgan fingerprint density at radius 2 is 1.36 bits per heavy atom. The highest BCUT2D eigenvalue weighted by Gasteiger charge is 2.28. The molecule has 0 N–H and O–H groups in total. The zero-order valence-corrected chi connectivity index (χ0v) is 22.9. The zero-order chi connectivity index (χ0) is 28.8. The van der Waals surface area contributed by atoms with E-state index in [2.05, 4.69) is 6.92 Å². The van der Waals surface area contributed by atoms with Crippen LogP contribution >= 0.6 is 0 Å². The molecule has 2 aliphatic heterocycles. The van der Waals surface area contributed by atoms with Crippen LogP contribution in [0.4, 0.5) is 8.78 Å². The first-order valence-electron chi connectivity index (χ1n) is 14.0. The van der Waals surface area contributed by atoms with Gasteiger partial charge >= 0.3 is 5.97 Å². The molecule has 2 heterocycles. The summed E-state index contributed by atoms with van der Waals surface area (Å²) in [5, 5.41) is 0. The summed E-state index contributed by atoms with van der Waals surface area (Å²) in [6.07, 6.45) is 1.64. The highest BCUT2D eigenvalue weighted by atomic mass is 19.1. The average molecular weight is 571 g/mol. The van der Waals surface area contributed by atoms with Crippen LogP contribution in [0.2, 0.25) is 0 Å². The molecule has 7 rings (SSSR count). The van der Waals surface area contributed by atoms with Crippen LogP contribution in [0.1, 0.15) is 45.5 Å². The first-order valence-corrected chi connectivity index (χ1v) is 14.0. The number of carbonyl (C=O) groups excluding carboxylic acids is 1. The van der Waals surface area contributed by atoms with Gasteiger partial charge in [0.25, 0.3) is 0 Å². The number of carbonyl (C=O) groups is 1. The van der Waals surface area contributed by atoms with Crippen LogP contribution in [-0.4, -0.2) is 38.2 Å². The van der Waals surface area contributed by atoms with Crippen LogP contribution < -0.4 is 14.2 Å². The van der Waals surface area contributed by atoms with E-state index >= 15 is 0 Å². The molecule has 4 aromatic carbocycles. The number of halogens is 2. The molecule has 0 saturated carbocycles. The van der Waals surface area contributed by atoms with Crippen molar-refractivity contribution < 1.29 is 37.3 Å². The number of hydrogen-bond acceptors (Lipinski definition) is 6. The van der Waals surface area contributed by atoms with Crippen molar-refractivity contribution in [3.8, 4) is 28.4 Å². The summed E-state index contributed by atoms with van der Waals surface area (Å²) in [4.78, 5) is 12.8. The minimum absolute atomic E-state index is 0.000723. The van der Waals surface area contributed by atoms with Gasteiger partial charge in [0.2, 0.25) is 6.79 Å². The molecule has 214 valence electrons. The number of hydrogen-bond donors (Lipinski definition) is 0. The summed E-state index contributed by atoms with van der Waals surface area (Å²) in [5.74, 6) is -0.730. The second kappa shape index (κ2) is 10.9. The molecule has 0 aromatic heterocycles. The van der Waals surface area contributed by atoms with Crippen molar-refractivity contribution in [2.45, 2.75) is 37.9 Å². The van der Waals surface area contributed by atoms with Gasteiger partial charge in [0.05, 0.1) is 31.0 Å². The van der Waals surface area contributed by atoms with E-state index in [1.54, 1.807) is 18.2 Å². The monoisotopic (exact) mass is 570 g/mol. The lowest BCUT2D eigenvalue weighted by Crippen LogP contribution is -2.11. The molecule has 0 spiro atoms. The molecule has 0 radical (unpaired) electrons. The maximum Gasteiger partial charge on any atom is 0.346 e. The smallest absolute Gasteiger partial charge is 0.346 e. The number of benzene rings is 4. The fourth-order valence-corrected chi connectivity index (χ4v) is 5.47. The Bertz CT molecular complexity index is 1680. The van der Waals surface area contributed by atoms with Crippen molar-refractivity contribution in [1.29, 1.82) is 0 Å². The van der Waals surface area contributed by atoms with Gasteiger partial charge in [-0.3, -0.25) is 0 Å². The quantitative estimate of drug-likeness (QED) is 0.0925. The van der Waals surface area contributed by atoms with Crippen LogP contribution in [0.3, 0.4) is 0 Å². The molecular formula is C34H28F2O6. The van der Waals surface area contributed by atoms with Crippen molar-refractivity contribution in [3.05, 3.63) is 112 Å². The van der Waals surface area contributed by atoms with Gasteiger partial charge in [0.15, 0.2) is 11.6 Å². The van der Waals surface area contributed by atoms with Gasteiger partial charge < -0.3 is 23.7 Å². The first kappa shape index (κ1) is 26.6. The molecule has 6 nitrogen and oxygen atoms in total. The molecule has 3 unspecified atom stereocenters. The fourth-order valence-electron chi connectivity index (χ4n) is 5.47. The number of ether oxygens (including phenoxy) is 5. The van der Waals surface area contributed by atoms with Crippen molar-refractivity contribution >= 4 is 5.97 Å². The Hall–Kier alpha value is -4.27. The average Bonchev–Trinajstić information content (AvgIpc) is 3.92. The largest absolute Gasteiger partial charge is 0.457 e. The maximum atomic E-state index is 14.7. The number of epoxide rings is 2. The van der Waals surface area contributed by atoms with Crippen LogP contribution in [0, 0.1) is 11.6 Å². The van der Waals surface area contributed by atoms with E-state index < -0.39 is 17.6 Å². The molecule has 0 amide bonds. The highest BCUT2D eigenvalue weighted by molar-refractivity contribution is 5.91. The lowest BCUT2D eigenvalue weighted by atomic mass is 9.99. The van der Waals surface area contributed by atoms with Crippen LogP contribution in [0.15, 0.2) is 72.8 Å². The SMILES string of the molecule is CC1c2cc(OCOc3ccc(CC4CO4)cc3F)ccc2-c2ccc(OC(=O)c3ccc(CC4CO4)cc3F)cc21. The van der Waals surface area contributed by atoms with Gasteiger partial charge in [-0.05, 0) is 81.9 Å². The number of rotatable bonds is 10. The molecule has 4 aromatic rings. The zero-order valence-electron chi connectivity index (χ0n) is 22.9. The van der Waals surface area contributed by atoms with Crippen LogP contribution in [0.5, 0.6) is 17.2 Å². The lowest BCUT2D eigenvalue weighted by Gasteiger charge is -2.12. The second-order valence-corrected chi connectivity index (χ2v) is 10.9. The Labute approximate surface area is 241 Å². The van der Waals surface area contributed by atoms with E-state index in [1.165, 1.54) is 18.2 Å². The van der Waals surface area contributed by atoms with Gasteiger partial charge in [-0.15, -0.1) is 0 Å². The summed E-state index contributed by atoms with van der Waals surface area (Å²) < 4.78 is 56.4. The summed E-state index contributed by atoms with van der Waals surface area (Å²) in [6, 6.07) is 20.6. The number of fused-ring (bicyclic) bond motifs is 3.